The molecule has 0 aliphatic heterocycles. The second-order valence-corrected chi connectivity index (χ2v) is 4.83. The first-order valence-electron chi connectivity index (χ1n) is 6.74. The summed E-state index contributed by atoms with van der Waals surface area (Å²) in [5.74, 6) is 0.690. The van der Waals surface area contributed by atoms with Crippen molar-refractivity contribution < 1.29 is 0 Å². The van der Waals surface area contributed by atoms with Crippen LogP contribution in [0.3, 0.4) is 0 Å². The number of hydrogen-bond donors (Lipinski definition) is 1. The molecule has 0 heterocycles. The quantitative estimate of drug-likeness (QED) is 0.695. The van der Waals surface area contributed by atoms with Gasteiger partial charge in [-0.1, -0.05) is 51.2 Å². The Balaban J connectivity index is 2.57. The molecule has 1 atom stereocenters. The second kappa shape index (κ2) is 7.05. The molecule has 0 aromatic heterocycles. The monoisotopic (exact) mass is 209 g/mol. The molecule has 0 saturated heterocycles. The lowest BCUT2D eigenvalue weighted by atomic mass is 9.85. The van der Waals surface area contributed by atoms with Crippen LogP contribution in [-0.2, 0) is 0 Å². The molecule has 2 N–H and O–H groups in total. The maximum Gasteiger partial charge on any atom is 0.0282 e. The van der Waals surface area contributed by atoms with Crippen molar-refractivity contribution in [2.75, 3.05) is 0 Å². The highest BCUT2D eigenvalue weighted by Crippen LogP contribution is 2.24. The number of allylic oxidation sites excluding steroid dienone is 1. The summed E-state index contributed by atoms with van der Waals surface area (Å²) in [6.45, 7) is 4.52. The van der Waals surface area contributed by atoms with Gasteiger partial charge < -0.3 is 5.73 Å². The van der Waals surface area contributed by atoms with Gasteiger partial charge in [0.25, 0.3) is 0 Å². The van der Waals surface area contributed by atoms with E-state index in [1.165, 1.54) is 51.4 Å². The Bertz CT molecular complexity index is 192. The predicted molar refractivity (Wildman–Crippen MR) is 67.8 cm³/mol. The minimum Gasteiger partial charge on any atom is -0.324 e. The standard InChI is InChI=1S/C14H27N/c1-3-12(4-2)14(15)13-10-8-6-5-7-9-11-13/h10,12,14H,3-9,11,15H2,1-2H3. The van der Waals surface area contributed by atoms with Gasteiger partial charge in [-0.25, -0.2) is 0 Å². The van der Waals surface area contributed by atoms with Gasteiger partial charge in [-0.3, -0.25) is 0 Å². The third-order valence-electron chi connectivity index (χ3n) is 3.81. The van der Waals surface area contributed by atoms with Crippen molar-refractivity contribution in [2.24, 2.45) is 11.7 Å². The second-order valence-electron chi connectivity index (χ2n) is 4.83. The first-order valence-corrected chi connectivity index (χ1v) is 6.74. The van der Waals surface area contributed by atoms with Gasteiger partial charge in [0.05, 0.1) is 0 Å². The summed E-state index contributed by atoms with van der Waals surface area (Å²) in [6, 6.07) is 0.332. The molecule has 0 saturated carbocycles. The molecule has 0 spiro atoms. The fourth-order valence-electron chi connectivity index (χ4n) is 2.62. The first kappa shape index (κ1) is 12.8. The SMILES string of the molecule is CCC(CC)C(N)C1=CCCCCCC1. The van der Waals surface area contributed by atoms with Crippen LogP contribution in [0.25, 0.3) is 0 Å². The summed E-state index contributed by atoms with van der Waals surface area (Å²) in [5, 5.41) is 0. The normalized spacial score (nSPS) is 20.7. The lowest BCUT2D eigenvalue weighted by Crippen LogP contribution is -2.31. The first-order chi connectivity index (χ1) is 7.29. The molecule has 1 nitrogen and oxygen atoms in total. The van der Waals surface area contributed by atoms with E-state index in [9.17, 15) is 0 Å². The van der Waals surface area contributed by atoms with Gasteiger partial charge in [0.2, 0.25) is 0 Å². The third-order valence-corrected chi connectivity index (χ3v) is 3.81. The van der Waals surface area contributed by atoms with Crippen LogP contribution in [0.15, 0.2) is 11.6 Å². The van der Waals surface area contributed by atoms with Crippen LogP contribution in [-0.4, -0.2) is 6.04 Å². The van der Waals surface area contributed by atoms with E-state index in [0.717, 1.165) is 0 Å². The molecule has 15 heavy (non-hydrogen) atoms. The Labute approximate surface area is 95.1 Å². The Morgan fingerprint density at radius 2 is 1.80 bits per heavy atom. The van der Waals surface area contributed by atoms with Gasteiger partial charge >= 0.3 is 0 Å². The van der Waals surface area contributed by atoms with E-state index >= 15 is 0 Å². The third kappa shape index (κ3) is 3.98. The summed E-state index contributed by atoms with van der Waals surface area (Å²) >= 11 is 0. The molecule has 1 aliphatic carbocycles. The highest BCUT2D eigenvalue weighted by atomic mass is 14.7. The number of rotatable bonds is 4. The van der Waals surface area contributed by atoms with Crippen LogP contribution in [0.4, 0.5) is 0 Å². The van der Waals surface area contributed by atoms with Gasteiger partial charge in [-0.15, -0.1) is 0 Å². The molecule has 0 aromatic rings. The average Bonchev–Trinajstić information content (AvgIpc) is 2.18. The van der Waals surface area contributed by atoms with E-state index in [0.29, 0.717) is 12.0 Å². The zero-order chi connectivity index (χ0) is 11.1. The summed E-state index contributed by atoms with van der Waals surface area (Å²) in [6.07, 6.45) is 12.9. The zero-order valence-corrected chi connectivity index (χ0v) is 10.5. The topological polar surface area (TPSA) is 26.0 Å². The summed E-state index contributed by atoms with van der Waals surface area (Å²) in [4.78, 5) is 0. The number of nitrogens with two attached hydrogens (primary N) is 1. The molecule has 88 valence electrons. The van der Waals surface area contributed by atoms with Crippen LogP contribution in [0.2, 0.25) is 0 Å². The molecule has 1 unspecified atom stereocenters. The van der Waals surface area contributed by atoms with E-state index in [-0.39, 0.29) is 0 Å². The van der Waals surface area contributed by atoms with Crippen LogP contribution in [0, 0.1) is 5.92 Å². The largest absolute Gasteiger partial charge is 0.324 e. The van der Waals surface area contributed by atoms with Crippen molar-refractivity contribution in [3.8, 4) is 0 Å². The fraction of sp³-hybridized carbons (Fsp3) is 0.857. The summed E-state index contributed by atoms with van der Waals surface area (Å²) in [5.41, 5.74) is 7.91. The Kier molecular flexibility index (Phi) is 6.00. The van der Waals surface area contributed by atoms with Gasteiger partial charge in [-0.05, 0) is 31.6 Å². The van der Waals surface area contributed by atoms with Gasteiger partial charge in [-0.2, -0.15) is 0 Å². The van der Waals surface area contributed by atoms with Crippen LogP contribution in [0.5, 0.6) is 0 Å². The fourth-order valence-corrected chi connectivity index (χ4v) is 2.62. The molecule has 1 heteroatoms. The minimum atomic E-state index is 0.332. The molecule has 0 bridgehead atoms. The Morgan fingerprint density at radius 1 is 1.13 bits per heavy atom. The van der Waals surface area contributed by atoms with E-state index in [4.69, 9.17) is 5.73 Å². The Morgan fingerprint density at radius 3 is 2.47 bits per heavy atom. The predicted octanol–water partition coefficient (Wildman–Crippen LogP) is 4.03. The van der Waals surface area contributed by atoms with Gasteiger partial charge in [0.15, 0.2) is 0 Å². The molecular weight excluding hydrogens is 182 g/mol. The van der Waals surface area contributed by atoms with E-state index in [1.54, 1.807) is 5.57 Å². The molecule has 0 amide bonds. The molecule has 1 rings (SSSR count). The maximum atomic E-state index is 6.37. The van der Waals surface area contributed by atoms with Crippen LogP contribution in [0.1, 0.15) is 65.2 Å². The van der Waals surface area contributed by atoms with Gasteiger partial charge in [0.1, 0.15) is 0 Å². The number of hydrogen-bond acceptors (Lipinski definition) is 1. The van der Waals surface area contributed by atoms with Crippen molar-refractivity contribution in [2.45, 2.75) is 71.3 Å². The highest BCUT2D eigenvalue weighted by Gasteiger charge is 2.18. The van der Waals surface area contributed by atoms with Crippen molar-refractivity contribution in [1.82, 2.24) is 0 Å². The van der Waals surface area contributed by atoms with Crippen LogP contribution >= 0.6 is 0 Å². The van der Waals surface area contributed by atoms with Crippen molar-refractivity contribution in [1.29, 1.82) is 0 Å². The van der Waals surface area contributed by atoms with Crippen LogP contribution < -0.4 is 5.73 Å². The highest BCUT2D eigenvalue weighted by molar-refractivity contribution is 5.12. The average molecular weight is 209 g/mol. The molecule has 0 fully saturated rings. The lowest BCUT2D eigenvalue weighted by Gasteiger charge is -2.25. The van der Waals surface area contributed by atoms with Crippen molar-refractivity contribution in [3.05, 3.63) is 11.6 Å². The Hall–Kier alpha value is -0.300. The smallest absolute Gasteiger partial charge is 0.0282 e. The van der Waals surface area contributed by atoms with Crippen molar-refractivity contribution in [3.63, 3.8) is 0 Å². The summed E-state index contributed by atoms with van der Waals surface area (Å²) < 4.78 is 0. The summed E-state index contributed by atoms with van der Waals surface area (Å²) in [7, 11) is 0. The van der Waals surface area contributed by atoms with Gasteiger partial charge in [0, 0.05) is 6.04 Å². The van der Waals surface area contributed by atoms with E-state index in [2.05, 4.69) is 19.9 Å². The lowest BCUT2D eigenvalue weighted by molar-refractivity contribution is 0.418. The maximum absolute atomic E-state index is 6.37. The molecular formula is C14H27N. The van der Waals surface area contributed by atoms with E-state index in [1.807, 2.05) is 0 Å². The molecule has 0 radical (unpaired) electrons. The van der Waals surface area contributed by atoms with Crippen molar-refractivity contribution >= 4 is 0 Å². The minimum absolute atomic E-state index is 0.332. The molecule has 1 aliphatic rings. The molecule has 0 aromatic carbocycles. The van der Waals surface area contributed by atoms with E-state index < -0.39 is 0 Å². The zero-order valence-electron chi connectivity index (χ0n) is 10.5.